The maximum absolute atomic E-state index is 12.6. The summed E-state index contributed by atoms with van der Waals surface area (Å²) in [5, 5.41) is 6.58. The highest BCUT2D eigenvalue weighted by Gasteiger charge is 2.32. The standard InChI is InChI=1S/C16H25N3O2S.2ClH/c1-11(2)13-10-22-15(18-13)12-4-3-6-19(9-12)16(20)14-8-17-5-7-21-14;;/h10-12,14,17H,3-9H2,1-2H3;2*1H. The van der Waals surface area contributed by atoms with Crippen molar-refractivity contribution in [3.63, 3.8) is 0 Å². The van der Waals surface area contributed by atoms with Crippen LogP contribution >= 0.6 is 36.2 Å². The second-order valence-electron chi connectivity index (χ2n) is 6.45. The summed E-state index contributed by atoms with van der Waals surface area (Å²) in [5.41, 5.74) is 1.17. The number of nitrogens with zero attached hydrogens (tertiary/aromatic N) is 2. The largest absolute Gasteiger partial charge is 0.366 e. The molecule has 2 fully saturated rings. The van der Waals surface area contributed by atoms with E-state index in [9.17, 15) is 4.79 Å². The van der Waals surface area contributed by atoms with Crippen LogP contribution in [0.4, 0.5) is 0 Å². The number of aromatic nitrogens is 1. The highest BCUT2D eigenvalue weighted by Crippen LogP contribution is 2.31. The van der Waals surface area contributed by atoms with E-state index >= 15 is 0 Å². The van der Waals surface area contributed by atoms with E-state index in [2.05, 4.69) is 24.5 Å². The van der Waals surface area contributed by atoms with Gasteiger partial charge < -0.3 is 15.0 Å². The second-order valence-corrected chi connectivity index (χ2v) is 7.34. The number of thiazole rings is 1. The number of carbonyl (C=O) groups excluding carboxylic acids is 1. The number of ether oxygens (including phenoxy) is 1. The van der Waals surface area contributed by atoms with Crippen LogP contribution in [0, 0.1) is 0 Å². The zero-order valence-electron chi connectivity index (χ0n) is 14.2. The molecule has 2 unspecified atom stereocenters. The fourth-order valence-electron chi connectivity index (χ4n) is 3.06. The van der Waals surface area contributed by atoms with Crippen LogP contribution < -0.4 is 5.32 Å². The third-order valence-corrected chi connectivity index (χ3v) is 5.44. The van der Waals surface area contributed by atoms with Gasteiger partial charge in [-0.05, 0) is 18.8 Å². The summed E-state index contributed by atoms with van der Waals surface area (Å²) >= 11 is 1.74. The Balaban J connectivity index is 0.00000144. The number of carbonyl (C=O) groups is 1. The average Bonchev–Trinajstić information content (AvgIpc) is 3.05. The van der Waals surface area contributed by atoms with E-state index in [0.29, 0.717) is 25.0 Å². The van der Waals surface area contributed by atoms with Crippen molar-refractivity contribution in [2.45, 2.75) is 44.6 Å². The van der Waals surface area contributed by atoms with Gasteiger partial charge in [0.15, 0.2) is 0 Å². The van der Waals surface area contributed by atoms with Gasteiger partial charge in [-0.25, -0.2) is 4.98 Å². The fourth-order valence-corrected chi connectivity index (χ4v) is 4.17. The predicted octanol–water partition coefficient (Wildman–Crippen LogP) is 2.80. The second kappa shape index (κ2) is 9.92. The minimum absolute atomic E-state index is 0. The molecule has 3 rings (SSSR count). The number of hydrogen-bond acceptors (Lipinski definition) is 5. The summed E-state index contributed by atoms with van der Waals surface area (Å²) in [6.07, 6.45) is 1.86. The van der Waals surface area contributed by atoms with Gasteiger partial charge in [0, 0.05) is 37.5 Å². The van der Waals surface area contributed by atoms with Crippen molar-refractivity contribution in [3.05, 3.63) is 16.1 Å². The lowest BCUT2D eigenvalue weighted by molar-refractivity contribution is -0.146. The normalized spacial score (nSPS) is 24.2. The molecule has 1 amide bonds. The molecule has 0 aromatic carbocycles. The van der Waals surface area contributed by atoms with Gasteiger partial charge in [0.1, 0.15) is 6.10 Å². The Morgan fingerprint density at radius 3 is 2.88 bits per heavy atom. The first kappa shape index (κ1) is 21.6. The molecule has 0 spiro atoms. The van der Waals surface area contributed by atoms with Crippen LogP contribution in [0.1, 0.15) is 49.2 Å². The van der Waals surface area contributed by atoms with E-state index in [1.165, 1.54) is 10.7 Å². The SMILES string of the molecule is CC(C)c1csc(C2CCCN(C(=O)C3CNCCO3)C2)n1.Cl.Cl. The van der Waals surface area contributed by atoms with Gasteiger partial charge in [-0.15, -0.1) is 36.2 Å². The van der Waals surface area contributed by atoms with Crippen LogP contribution in [0.5, 0.6) is 0 Å². The molecular formula is C16H27Cl2N3O2S. The number of halogens is 2. The van der Waals surface area contributed by atoms with Gasteiger partial charge in [-0.1, -0.05) is 13.8 Å². The summed E-state index contributed by atoms with van der Waals surface area (Å²) in [6, 6.07) is 0. The number of nitrogens with one attached hydrogen (secondary N) is 1. The third kappa shape index (κ3) is 5.05. The molecule has 2 aliphatic heterocycles. The van der Waals surface area contributed by atoms with Crippen LogP contribution in [0.3, 0.4) is 0 Å². The van der Waals surface area contributed by atoms with Crippen molar-refractivity contribution in [1.82, 2.24) is 15.2 Å². The van der Waals surface area contributed by atoms with Crippen molar-refractivity contribution < 1.29 is 9.53 Å². The molecule has 1 N–H and O–H groups in total. The van der Waals surface area contributed by atoms with Crippen molar-refractivity contribution >= 4 is 42.1 Å². The van der Waals surface area contributed by atoms with Gasteiger partial charge >= 0.3 is 0 Å². The molecule has 0 radical (unpaired) electrons. The van der Waals surface area contributed by atoms with Crippen molar-refractivity contribution in [3.8, 4) is 0 Å². The first-order chi connectivity index (χ1) is 10.6. The van der Waals surface area contributed by atoms with Crippen molar-refractivity contribution in [2.24, 2.45) is 0 Å². The van der Waals surface area contributed by atoms with E-state index in [0.717, 1.165) is 32.5 Å². The molecule has 1 aromatic rings. The number of piperidine rings is 1. The Hall–Kier alpha value is -0.400. The number of morpholine rings is 1. The van der Waals surface area contributed by atoms with Crippen LogP contribution in [0.2, 0.25) is 0 Å². The first-order valence-electron chi connectivity index (χ1n) is 8.21. The van der Waals surface area contributed by atoms with E-state index in [4.69, 9.17) is 9.72 Å². The number of likely N-dealkylation sites (tertiary alicyclic amines) is 1. The van der Waals surface area contributed by atoms with E-state index < -0.39 is 0 Å². The molecule has 3 heterocycles. The lowest BCUT2D eigenvalue weighted by Gasteiger charge is -2.35. The van der Waals surface area contributed by atoms with Crippen LogP contribution in [-0.2, 0) is 9.53 Å². The number of amides is 1. The predicted molar refractivity (Wildman–Crippen MR) is 102 cm³/mol. The van der Waals surface area contributed by atoms with E-state index in [1.807, 2.05) is 4.90 Å². The Morgan fingerprint density at radius 1 is 1.46 bits per heavy atom. The van der Waals surface area contributed by atoms with Crippen molar-refractivity contribution in [2.75, 3.05) is 32.8 Å². The van der Waals surface area contributed by atoms with Crippen molar-refractivity contribution in [1.29, 1.82) is 0 Å². The molecule has 138 valence electrons. The number of rotatable bonds is 3. The lowest BCUT2D eigenvalue weighted by atomic mass is 9.98. The highest BCUT2D eigenvalue weighted by molar-refractivity contribution is 7.09. The fraction of sp³-hybridized carbons (Fsp3) is 0.750. The van der Waals surface area contributed by atoms with Crippen LogP contribution in [0.25, 0.3) is 0 Å². The minimum Gasteiger partial charge on any atom is -0.366 e. The molecule has 8 heteroatoms. The van der Waals surface area contributed by atoms with Gasteiger partial charge in [-0.2, -0.15) is 0 Å². The number of hydrogen-bond donors (Lipinski definition) is 1. The molecule has 0 aliphatic carbocycles. The van der Waals surface area contributed by atoms with E-state index in [-0.39, 0.29) is 36.8 Å². The summed E-state index contributed by atoms with van der Waals surface area (Å²) in [5.74, 6) is 0.984. The molecule has 2 atom stereocenters. The van der Waals surface area contributed by atoms with Gasteiger partial charge in [0.2, 0.25) is 0 Å². The zero-order chi connectivity index (χ0) is 15.5. The minimum atomic E-state index is -0.310. The smallest absolute Gasteiger partial charge is 0.253 e. The topological polar surface area (TPSA) is 54.5 Å². The van der Waals surface area contributed by atoms with Gasteiger partial charge in [0.25, 0.3) is 5.91 Å². The molecule has 0 saturated carbocycles. The monoisotopic (exact) mass is 395 g/mol. The van der Waals surface area contributed by atoms with Gasteiger partial charge in [0.05, 0.1) is 17.3 Å². The summed E-state index contributed by atoms with van der Waals surface area (Å²) in [7, 11) is 0. The Labute approximate surface area is 160 Å². The van der Waals surface area contributed by atoms with Crippen LogP contribution in [-0.4, -0.2) is 54.7 Å². The molecule has 2 aliphatic rings. The summed E-state index contributed by atoms with van der Waals surface area (Å²) < 4.78 is 5.60. The molecular weight excluding hydrogens is 369 g/mol. The van der Waals surface area contributed by atoms with E-state index in [1.54, 1.807) is 11.3 Å². The molecule has 0 bridgehead atoms. The Kier molecular flexibility index (Phi) is 8.95. The maximum atomic E-state index is 12.6. The highest BCUT2D eigenvalue weighted by atomic mass is 35.5. The molecule has 24 heavy (non-hydrogen) atoms. The summed E-state index contributed by atoms with van der Waals surface area (Å²) in [6.45, 7) is 8.06. The molecule has 2 saturated heterocycles. The quantitative estimate of drug-likeness (QED) is 0.854. The third-order valence-electron chi connectivity index (χ3n) is 4.42. The molecule has 5 nitrogen and oxygen atoms in total. The average molecular weight is 396 g/mol. The first-order valence-corrected chi connectivity index (χ1v) is 9.09. The maximum Gasteiger partial charge on any atom is 0.253 e. The zero-order valence-corrected chi connectivity index (χ0v) is 16.6. The lowest BCUT2D eigenvalue weighted by Crippen LogP contribution is -2.51. The summed E-state index contributed by atoms with van der Waals surface area (Å²) in [4.78, 5) is 19.3. The Bertz CT molecular complexity index is 521. The van der Waals surface area contributed by atoms with Crippen LogP contribution in [0.15, 0.2) is 5.38 Å². The Morgan fingerprint density at radius 2 is 2.25 bits per heavy atom. The molecule has 1 aromatic heterocycles. The van der Waals surface area contributed by atoms with Gasteiger partial charge in [-0.3, -0.25) is 4.79 Å².